The predicted octanol–water partition coefficient (Wildman–Crippen LogP) is 4.21. The fourth-order valence-electron chi connectivity index (χ4n) is 2.84. The van der Waals surface area contributed by atoms with E-state index in [0.717, 1.165) is 24.6 Å². The van der Waals surface area contributed by atoms with Crippen LogP contribution in [0.15, 0.2) is 30.3 Å². The normalized spacial score (nSPS) is 18.2. The summed E-state index contributed by atoms with van der Waals surface area (Å²) in [5.74, 6) is 1.56. The summed E-state index contributed by atoms with van der Waals surface area (Å²) in [5, 5.41) is 2.46. The number of alkyl halides is 1. The maximum absolute atomic E-state index is 5.98. The van der Waals surface area contributed by atoms with Crippen LogP contribution in [0, 0.1) is 5.41 Å². The Bertz CT molecular complexity index is 607. The molecule has 1 fully saturated rings. The molecule has 2 aromatic rings. The molecule has 0 aliphatic carbocycles. The highest BCUT2D eigenvalue weighted by Crippen LogP contribution is 2.35. The number of nitrogens with zero attached hydrogens (tertiary/aromatic N) is 2. The highest BCUT2D eigenvalue weighted by atomic mass is 35.5. The minimum absolute atomic E-state index is 0.375. The summed E-state index contributed by atoms with van der Waals surface area (Å²) >= 11 is 5.98. The van der Waals surface area contributed by atoms with Gasteiger partial charge in [-0.3, -0.25) is 0 Å². The fraction of sp³-hybridized carbons (Fsp3) is 0.438. The van der Waals surface area contributed by atoms with Gasteiger partial charge in [0.1, 0.15) is 5.82 Å². The van der Waals surface area contributed by atoms with Gasteiger partial charge in [0.15, 0.2) is 0 Å². The summed E-state index contributed by atoms with van der Waals surface area (Å²) in [7, 11) is 0. The van der Waals surface area contributed by atoms with Crippen molar-refractivity contribution in [2.24, 2.45) is 5.41 Å². The Morgan fingerprint density at radius 3 is 2.79 bits per heavy atom. The van der Waals surface area contributed by atoms with Crippen molar-refractivity contribution in [3.63, 3.8) is 0 Å². The first-order chi connectivity index (χ1) is 9.09. The van der Waals surface area contributed by atoms with Crippen LogP contribution in [0.2, 0.25) is 0 Å². The Labute approximate surface area is 119 Å². The Morgan fingerprint density at radius 2 is 2.11 bits per heavy atom. The fourth-order valence-corrected chi connectivity index (χ4v) is 2.97. The Kier molecular flexibility index (Phi) is 3.14. The molecular weight excluding hydrogens is 256 g/mol. The molecule has 0 amide bonds. The number of anilines is 1. The summed E-state index contributed by atoms with van der Waals surface area (Å²) in [6.07, 6.45) is 1.22. The molecule has 19 heavy (non-hydrogen) atoms. The summed E-state index contributed by atoms with van der Waals surface area (Å²) in [4.78, 5) is 7.16. The minimum atomic E-state index is 0.375. The number of rotatable bonds is 2. The number of benzene rings is 1. The van der Waals surface area contributed by atoms with E-state index in [0.29, 0.717) is 11.3 Å². The maximum atomic E-state index is 5.98. The van der Waals surface area contributed by atoms with Crippen molar-refractivity contribution in [2.75, 3.05) is 18.0 Å². The quantitative estimate of drug-likeness (QED) is 0.763. The van der Waals surface area contributed by atoms with Crippen molar-refractivity contribution < 1.29 is 0 Å². The molecule has 0 spiro atoms. The highest BCUT2D eigenvalue weighted by Gasteiger charge is 2.30. The van der Waals surface area contributed by atoms with Gasteiger partial charge in [0.05, 0.1) is 11.6 Å². The summed E-state index contributed by atoms with van der Waals surface area (Å²) in [5.41, 5.74) is 1.33. The zero-order chi connectivity index (χ0) is 13.5. The van der Waals surface area contributed by atoms with E-state index in [9.17, 15) is 0 Å². The second-order valence-corrected chi connectivity index (χ2v) is 6.39. The number of fused-ring (bicyclic) bond motifs is 1. The number of aromatic nitrogens is 1. The van der Waals surface area contributed by atoms with Gasteiger partial charge in [-0.2, -0.15) is 0 Å². The van der Waals surface area contributed by atoms with Crippen molar-refractivity contribution in [3.8, 4) is 0 Å². The third-order valence-electron chi connectivity index (χ3n) is 3.89. The van der Waals surface area contributed by atoms with Crippen LogP contribution < -0.4 is 4.90 Å². The van der Waals surface area contributed by atoms with Crippen LogP contribution in [0.4, 0.5) is 5.82 Å². The topological polar surface area (TPSA) is 16.1 Å². The first kappa shape index (κ1) is 12.7. The van der Waals surface area contributed by atoms with Crippen molar-refractivity contribution in [2.45, 2.75) is 26.1 Å². The molecule has 2 heterocycles. The monoisotopic (exact) mass is 274 g/mol. The molecule has 100 valence electrons. The lowest BCUT2D eigenvalue weighted by Gasteiger charge is -2.22. The number of halogens is 1. The van der Waals surface area contributed by atoms with Crippen LogP contribution in [0.1, 0.15) is 26.0 Å². The molecule has 0 atom stereocenters. The predicted molar refractivity (Wildman–Crippen MR) is 81.9 cm³/mol. The molecule has 3 rings (SSSR count). The van der Waals surface area contributed by atoms with Crippen molar-refractivity contribution in [1.82, 2.24) is 4.98 Å². The molecule has 0 N–H and O–H groups in total. The first-order valence-electron chi connectivity index (χ1n) is 6.79. The van der Waals surface area contributed by atoms with Crippen molar-refractivity contribution in [1.29, 1.82) is 0 Å². The molecule has 0 bridgehead atoms. The number of pyridine rings is 1. The second-order valence-electron chi connectivity index (χ2n) is 6.13. The van der Waals surface area contributed by atoms with Crippen LogP contribution in [-0.4, -0.2) is 18.1 Å². The van der Waals surface area contributed by atoms with Gasteiger partial charge in [0, 0.05) is 18.5 Å². The standard InChI is InChI=1S/C16H19ClN2/c1-16(2)7-8-19(11-16)15-14-6-4-3-5-12(14)9-13(10-17)18-15/h3-6,9H,7-8,10-11H2,1-2H3. The second kappa shape index (κ2) is 4.68. The first-order valence-corrected chi connectivity index (χ1v) is 7.32. The van der Waals surface area contributed by atoms with E-state index in [-0.39, 0.29) is 0 Å². The van der Waals surface area contributed by atoms with Crippen molar-refractivity contribution in [3.05, 3.63) is 36.0 Å². The van der Waals surface area contributed by atoms with Gasteiger partial charge in [-0.25, -0.2) is 4.98 Å². The molecule has 3 heteroatoms. The van der Waals surface area contributed by atoms with E-state index < -0.39 is 0 Å². The van der Waals surface area contributed by atoms with Gasteiger partial charge in [-0.05, 0) is 23.3 Å². The zero-order valence-electron chi connectivity index (χ0n) is 11.5. The maximum Gasteiger partial charge on any atom is 0.136 e. The summed E-state index contributed by atoms with van der Waals surface area (Å²) < 4.78 is 0. The lowest BCUT2D eigenvalue weighted by atomic mass is 9.93. The van der Waals surface area contributed by atoms with Crippen LogP contribution in [0.25, 0.3) is 10.8 Å². The van der Waals surface area contributed by atoms with E-state index in [1.165, 1.54) is 17.2 Å². The van der Waals surface area contributed by atoms with E-state index in [1.54, 1.807) is 0 Å². The SMILES string of the molecule is CC1(C)CCN(c2nc(CCl)cc3ccccc23)C1. The largest absolute Gasteiger partial charge is 0.356 e. The van der Waals surface area contributed by atoms with Crippen LogP contribution in [0.5, 0.6) is 0 Å². The van der Waals surface area contributed by atoms with Crippen molar-refractivity contribution >= 4 is 28.2 Å². The molecule has 1 aliphatic rings. The molecular formula is C16H19ClN2. The lowest BCUT2D eigenvalue weighted by molar-refractivity contribution is 0.418. The Morgan fingerprint density at radius 1 is 1.32 bits per heavy atom. The van der Waals surface area contributed by atoms with E-state index in [1.807, 2.05) is 0 Å². The molecule has 0 radical (unpaired) electrons. The van der Waals surface area contributed by atoms with Gasteiger partial charge < -0.3 is 4.90 Å². The molecule has 0 unspecified atom stereocenters. The van der Waals surface area contributed by atoms with E-state index >= 15 is 0 Å². The molecule has 1 aliphatic heterocycles. The van der Waals surface area contributed by atoms with E-state index in [2.05, 4.69) is 49.1 Å². The molecule has 1 aromatic heterocycles. The highest BCUT2D eigenvalue weighted by molar-refractivity contribution is 6.17. The molecule has 0 saturated carbocycles. The van der Waals surface area contributed by atoms with Gasteiger partial charge in [-0.15, -0.1) is 11.6 Å². The van der Waals surface area contributed by atoms with Gasteiger partial charge in [-0.1, -0.05) is 38.1 Å². The average Bonchev–Trinajstić information content (AvgIpc) is 2.77. The van der Waals surface area contributed by atoms with Gasteiger partial charge >= 0.3 is 0 Å². The Balaban J connectivity index is 2.11. The third kappa shape index (κ3) is 2.42. The summed E-state index contributed by atoms with van der Waals surface area (Å²) in [6.45, 7) is 6.78. The van der Waals surface area contributed by atoms with Crippen LogP contribution in [0.3, 0.4) is 0 Å². The lowest BCUT2D eigenvalue weighted by Crippen LogP contribution is -2.24. The smallest absolute Gasteiger partial charge is 0.136 e. The van der Waals surface area contributed by atoms with Gasteiger partial charge in [0.25, 0.3) is 0 Å². The summed E-state index contributed by atoms with van der Waals surface area (Å²) in [6, 6.07) is 10.5. The van der Waals surface area contributed by atoms with Gasteiger partial charge in [0.2, 0.25) is 0 Å². The minimum Gasteiger partial charge on any atom is -0.356 e. The molecule has 2 nitrogen and oxygen atoms in total. The molecule has 1 aromatic carbocycles. The third-order valence-corrected chi connectivity index (χ3v) is 4.16. The molecule has 1 saturated heterocycles. The Hall–Kier alpha value is -1.28. The zero-order valence-corrected chi connectivity index (χ0v) is 12.2. The average molecular weight is 275 g/mol. The number of hydrogen-bond acceptors (Lipinski definition) is 2. The van der Waals surface area contributed by atoms with E-state index in [4.69, 9.17) is 16.6 Å². The van der Waals surface area contributed by atoms with Crippen LogP contribution in [-0.2, 0) is 5.88 Å². The number of hydrogen-bond donors (Lipinski definition) is 0. The van der Waals surface area contributed by atoms with Crippen LogP contribution >= 0.6 is 11.6 Å².